The van der Waals surface area contributed by atoms with Crippen molar-refractivity contribution in [3.05, 3.63) is 0 Å². The molecule has 0 aromatic heterocycles. The van der Waals surface area contributed by atoms with E-state index in [-0.39, 0.29) is 0 Å². The molecule has 0 amide bonds. The van der Waals surface area contributed by atoms with Crippen molar-refractivity contribution in [2.24, 2.45) is 0 Å². The van der Waals surface area contributed by atoms with Crippen LogP contribution >= 0.6 is 0 Å². The number of rotatable bonds is 3. The monoisotopic (exact) mass is 293 g/mol. The van der Waals surface area contributed by atoms with Gasteiger partial charge in [0.25, 0.3) is 0 Å². The van der Waals surface area contributed by atoms with Crippen LogP contribution < -0.4 is 5.32 Å². The maximum absolute atomic E-state index is 12.3. The van der Waals surface area contributed by atoms with Crippen molar-refractivity contribution in [3.8, 4) is 0 Å². The fourth-order valence-corrected chi connectivity index (χ4v) is 3.29. The lowest BCUT2D eigenvalue weighted by Crippen LogP contribution is -2.52. The molecule has 2 saturated heterocycles. The second-order valence-corrected chi connectivity index (χ2v) is 6.38. The number of nitrogens with zero attached hydrogens (tertiary/aromatic N) is 2. The zero-order chi connectivity index (χ0) is 14.8. The minimum atomic E-state index is -4.07. The molecule has 6 heteroatoms. The first-order chi connectivity index (χ1) is 9.33. The largest absolute Gasteiger partial charge is 0.401 e. The molecule has 0 aromatic rings. The van der Waals surface area contributed by atoms with Gasteiger partial charge < -0.3 is 10.2 Å². The SMILES string of the molecule is CC1CC(NC2CCN(CC(F)(F)F)CC2)CCN1C. The molecule has 2 atom stereocenters. The van der Waals surface area contributed by atoms with Gasteiger partial charge in [0.2, 0.25) is 0 Å². The average molecular weight is 293 g/mol. The molecular weight excluding hydrogens is 267 g/mol. The predicted octanol–water partition coefficient (Wildman–Crippen LogP) is 2.09. The summed E-state index contributed by atoms with van der Waals surface area (Å²) in [5.41, 5.74) is 0. The number of hydrogen-bond donors (Lipinski definition) is 1. The highest BCUT2D eigenvalue weighted by Gasteiger charge is 2.33. The van der Waals surface area contributed by atoms with Gasteiger partial charge in [-0.2, -0.15) is 13.2 Å². The van der Waals surface area contributed by atoms with Crippen molar-refractivity contribution in [2.45, 2.75) is 56.9 Å². The highest BCUT2D eigenvalue weighted by atomic mass is 19.4. The Morgan fingerprint density at radius 1 is 1.05 bits per heavy atom. The van der Waals surface area contributed by atoms with Crippen LogP contribution in [0.1, 0.15) is 32.6 Å². The van der Waals surface area contributed by atoms with Crippen LogP contribution in [-0.4, -0.2) is 67.3 Å². The van der Waals surface area contributed by atoms with Gasteiger partial charge in [0.05, 0.1) is 6.54 Å². The van der Waals surface area contributed by atoms with Crippen LogP contribution in [0, 0.1) is 0 Å². The molecule has 2 fully saturated rings. The number of likely N-dealkylation sites (tertiary alicyclic amines) is 2. The summed E-state index contributed by atoms with van der Waals surface area (Å²) >= 11 is 0. The standard InChI is InChI=1S/C14H26F3N3/c1-11-9-13(3-6-19(11)2)18-12-4-7-20(8-5-12)10-14(15,16)17/h11-13,18H,3-10H2,1-2H3. The van der Waals surface area contributed by atoms with E-state index in [0.717, 1.165) is 32.2 Å². The average Bonchev–Trinajstić information content (AvgIpc) is 2.35. The predicted molar refractivity (Wildman–Crippen MR) is 73.8 cm³/mol. The Balaban J connectivity index is 1.69. The van der Waals surface area contributed by atoms with Gasteiger partial charge in [-0.3, -0.25) is 4.90 Å². The summed E-state index contributed by atoms with van der Waals surface area (Å²) in [4.78, 5) is 3.89. The topological polar surface area (TPSA) is 18.5 Å². The molecule has 2 rings (SSSR count). The van der Waals surface area contributed by atoms with Gasteiger partial charge in [0, 0.05) is 18.1 Å². The molecule has 0 bridgehead atoms. The minimum absolute atomic E-state index is 0.389. The molecule has 2 heterocycles. The molecule has 0 aromatic carbocycles. The lowest BCUT2D eigenvalue weighted by atomic mass is 9.96. The van der Waals surface area contributed by atoms with Gasteiger partial charge in [0.1, 0.15) is 0 Å². The third-order valence-electron chi connectivity index (χ3n) is 4.67. The molecule has 2 aliphatic heterocycles. The van der Waals surface area contributed by atoms with Crippen molar-refractivity contribution in [1.82, 2.24) is 15.1 Å². The normalized spacial score (nSPS) is 31.6. The van der Waals surface area contributed by atoms with Gasteiger partial charge >= 0.3 is 6.18 Å². The van der Waals surface area contributed by atoms with E-state index < -0.39 is 12.7 Å². The molecule has 0 saturated carbocycles. The van der Waals surface area contributed by atoms with E-state index in [1.807, 2.05) is 0 Å². The van der Waals surface area contributed by atoms with Crippen molar-refractivity contribution < 1.29 is 13.2 Å². The summed E-state index contributed by atoms with van der Waals surface area (Å²) < 4.78 is 37.0. The van der Waals surface area contributed by atoms with Crippen molar-refractivity contribution in [1.29, 1.82) is 0 Å². The van der Waals surface area contributed by atoms with Crippen LogP contribution in [0.4, 0.5) is 13.2 Å². The van der Waals surface area contributed by atoms with Gasteiger partial charge in [-0.15, -0.1) is 0 Å². The highest BCUT2D eigenvalue weighted by molar-refractivity contribution is 4.86. The van der Waals surface area contributed by atoms with Crippen molar-refractivity contribution in [3.63, 3.8) is 0 Å². The first-order valence-corrected chi connectivity index (χ1v) is 7.59. The van der Waals surface area contributed by atoms with Crippen LogP contribution in [0.15, 0.2) is 0 Å². The lowest BCUT2D eigenvalue weighted by Gasteiger charge is -2.39. The molecule has 0 aliphatic carbocycles. The molecule has 0 spiro atoms. The quantitative estimate of drug-likeness (QED) is 0.859. The number of nitrogens with one attached hydrogen (secondary N) is 1. The summed E-state index contributed by atoms with van der Waals surface area (Å²) in [7, 11) is 2.15. The highest BCUT2D eigenvalue weighted by Crippen LogP contribution is 2.21. The Kier molecular flexibility index (Phi) is 5.31. The smallest absolute Gasteiger partial charge is 0.311 e. The fraction of sp³-hybridized carbons (Fsp3) is 1.00. The zero-order valence-electron chi connectivity index (χ0n) is 12.4. The van der Waals surface area contributed by atoms with E-state index in [4.69, 9.17) is 0 Å². The van der Waals surface area contributed by atoms with E-state index >= 15 is 0 Å². The second kappa shape index (κ2) is 6.62. The third kappa shape index (κ3) is 4.90. The summed E-state index contributed by atoms with van der Waals surface area (Å²) in [6.45, 7) is 3.69. The van der Waals surface area contributed by atoms with Crippen LogP contribution in [0.5, 0.6) is 0 Å². The Labute approximate surface area is 119 Å². The van der Waals surface area contributed by atoms with Crippen LogP contribution in [0.3, 0.4) is 0 Å². The van der Waals surface area contributed by atoms with E-state index in [2.05, 4.69) is 24.2 Å². The van der Waals surface area contributed by atoms with E-state index in [0.29, 0.717) is 31.2 Å². The van der Waals surface area contributed by atoms with E-state index in [9.17, 15) is 13.2 Å². The molecule has 0 radical (unpaired) electrons. The van der Waals surface area contributed by atoms with E-state index in [1.165, 1.54) is 4.90 Å². The number of hydrogen-bond acceptors (Lipinski definition) is 3. The number of alkyl halides is 3. The molecule has 2 unspecified atom stereocenters. The third-order valence-corrected chi connectivity index (χ3v) is 4.67. The Hall–Kier alpha value is -0.330. The second-order valence-electron chi connectivity index (χ2n) is 6.38. The van der Waals surface area contributed by atoms with Crippen LogP contribution in [-0.2, 0) is 0 Å². The van der Waals surface area contributed by atoms with Crippen molar-refractivity contribution >= 4 is 0 Å². The summed E-state index contributed by atoms with van der Waals surface area (Å²) in [6, 6.07) is 1.51. The Morgan fingerprint density at radius 2 is 1.65 bits per heavy atom. The Morgan fingerprint density at radius 3 is 2.20 bits per heavy atom. The van der Waals surface area contributed by atoms with Gasteiger partial charge in [-0.1, -0.05) is 0 Å². The maximum Gasteiger partial charge on any atom is 0.401 e. The molecule has 1 N–H and O–H groups in total. The zero-order valence-corrected chi connectivity index (χ0v) is 12.4. The van der Waals surface area contributed by atoms with Crippen molar-refractivity contribution in [2.75, 3.05) is 33.2 Å². The van der Waals surface area contributed by atoms with Crippen LogP contribution in [0.25, 0.3) is 0 Å². The minimum Gasteiger partial charge on any atom is -0.311 e. The summed E-state index contributed by atoms with van der Waals surface area (Å²) in [6.07, 6.45) is -0.125. The first kappa shape index (κ1) is 16.0. The first-order valence-electron chi connectivity index (χ1n) is 7.59. The van der Waals surface area contributed by atoms with E-state index in [1.54, 1.807) is 0 Å². The summed E-state index contributed by atoms with van der Waals surface area (Å²) in [5, 5.41) is 3.66. The van der Waals surface area contributed by atoms with Gasteiger partial charge in [-0.25, -0.2) is 0 Å². The lowest BCUT2D eigenvalue weighted by molar-refractivity contribution is -0.148. The Bertz CT molecular complexity index is 301. The molecule has 20 heavy (non-hydrogen) atoms. The van der Waals surface area contributed by atoms with Crippen LogP contribution in [0.2, 0.25) is 0 Å². The summed E-state index contributed by atoms with van der Waals surface area (Å²) in [5.74, 6) is 0. The maximum atomic E-state index is 12.3. The molecule has 3 nitrogen and oxygen atoms in total. The fourth-order valence-electron chi connectivity index (χ4n) is 3.29. The number of halogens is 3. The van der Waals surface area contributed by atoms with Gasteiger partial charge in [0.15, 0.2) is 0 Å². The molecule has 2 aliphatic rings. The molecular formula is C14H26F3N3. The molecule has 118 valence electrons. The van der Waals surface area contributed by atoms with Gasteiger partial charge in [-0.05, 0) is 59.3 Å². The number of piperidine rings is 2.